The quantitative estimate of drug-likeness (QED) is 0.855. The zero-order chi connectivity index (χ0) is 14.5. The van der Waals surface area contributed by atoms with Gasteiger partial charge in [0, 0.05) is 26.2 Å². The topological polar surface area (TPSA) is 64.0 Å². The van der Waals surface area contributed by atoms with Gasteiger partial charge >= 0.3 is 5.97 Å². The van der Waals surface area contributed by atoms with Crippen LogP contribution in [0.4, 0.5) is 0 Å². The summed E-state index contributed by atoms with van der Waals surface area (Å²) < 4.78 is 0. The zero-order valence-electron chi connectivity index (χ0n) is 11.8. The summed E-state index contributed by atoms with van der Waals surface area (Å²) in [4.78, 5) is 15.9. The molecule has 1 aliphatic heterocycles. The van der Waals surface area contributed by atoms with Gasteiger partial charge in [0.25, 0.3) is 0 Å². The Labute approximate surface area is 119 Å². The van der Waals surface area contributed by atoms with E-state index in [0.717, 1.165) is 39.1 Å². The van der Waals surface area contributed by atoms with Gasteiger partial charge in [-0.15, -0.1) is 0 Å². The van der Waals surface area contributed by atoms with Gasteiger partial charge in [-0.2, -0.15) is 0 Å². The van der Waals surface area contributed by atoms with Crippen molar-refractivity contribution in [3.05, 3.63) is 29.8 Å². The van der Waals surface area contributed by atoms with E-state index in [4.69, 9.17) is 0 Å². The number of aliphatic carboxylic acids is 1. The van der Waals surface area contributed by atoms with Gasteiger partial charge in [0.05, 0.1) is 0 Å². The van der Waals surface area contributed by atoms with Crippen LogP contribution in [0, 0.1) is 0 Å². The number of carboxylic acid groups (broad SMARTS) is 1. The van der Waals surface area contributed by atoms with Crippen molar-refractivity contribution in [2.45, 2.75) is 19.4 Å². The van der Waals surface area contributed by atoms with Crippen molar-refractivity contribution in [3.63, 3.8) is 0 Å². The van der Waals surface area contributed by atoms with E-state index < -0.39 is 12.0 Å². The van der Waals surface area contributed by atoms with Crippen LogP contribution in [0.25, 0.3) is 0 Å². The number of rotatable bonds is 5. The molecule has 0 aromatic heterocycles. The van der Waals surface area contributed by atoms with Crippen molar-refractivity contribution in [3.8, 4) is 5.75 Å². The molecule has 1 saturated heterocycles. The maximum atomic E-state index is 11.6. The Morgan fingerprint density at radius 2 is 2.00 bits per heavy atom. The lowest BCUT2D eigenvalue weighted by Crippen LogP contribution is -2.49. The zero-order valence-corrected chi connectivity index (χ0v) is 11.8. The first-order valence-corrected chi connectivity index (χ1v) is 7.10. The lowest BCUT2D eigenvalue weighted by molar-refractivity contribution is -0.144. The molecule has 1 fully saturated rings. The van der Waals surface area contributed by atoms with E-state index in [1.807, 2.05) is 4.90 Å². The van der Waals surface area contributed by atoms with Crippen LogP contribution in [0.5, 0.6) is 5.75 Å². The minimum absolute atomic E-state index is 0.110. The molecule has 5 heteroatoms. The molecule has 1 unspecified atom stereocenters. The summed E-state index contributed by atoms with van der Waals surface area (Å²) in [5, 5.41) is 19.0. The van der Waals surface area contributed by atoms with Gasteiger partial charge < -0.3 is 15.1 Å². The first-order valence-electron chi connectivity index (χ1n) is 7.10. The highest BCUT2D eigenvalue weighted by atomic mass is 16.4. The average Bonchev–Trinajstić information content (AvgIpc) is 2.41. The normalized spacial score (nSPS) is 18.9. The Morgan fingerprint density at radius 1 is 1.30 bits per heavy atom. The number of aromatic hydroxyl groups is 1. The monoisotopic (exact) mass is 278 g/mol. The minimum Gasteiger partial charge on any atom is -0.508 e. The molecule has 2 rings (SSSR count). The molecule has 20 heavy (non-hydrogen) atoms. The van der Waals surface area contributed by atoms with Crippen LogP contribution in [-0.2, 0) is 4.79 Å². The smallest absolute Gasteiger partial charge is 0.325 e. The molecule has 0 radical (unpaired) electrons. The Bertz CT molecular complexity index is 456. The van der Waals surface area contributed by atoms with Gasteiger partial charge in [-0.1, -0.05) is 19.1 Å². The van der Waals surface area contributed by atoms with Crippen LogP contribution in [0.3, 0.4) is 0 Å². The third-order valence-corrected chi connectivity index (χ3v) is 3.73. The highest BCUT2D eigenvalue weighted by molar-refractivity contribution is 5.75. The van der Waals surface area contributed by atoms with Crippen LogP contribution in [0.2, 0.25) is 0 Å². The number of hydrogen-bond donors (Lipinski definition) is 2. The lowest BCUT2D eigenvalue weighted by Gasteiger charge is -2.37. The van der Waals surface area contributed by atoms with Gasteiger partial charge in [-0.3, -0.25) is 9.69 Å². The third-order valence-electron chi connectivity index (χ3n) is 3.73. The molecule has 1 aromatic carbocycles. The highest BCUT2D eigenvalue weighted by Gasteiger charge is 2.30. The number of benzene rings is 1. The Balaban J connectivity index is 2.09. The molecule has 0 amide bonds. The molecule has 0 saturated carbocycles. The Kier molecular flexibility index (Phi) is 4.98. The molecule has 5 nitrogen and oxygen atoms in total. The van der Waals surface area contributed by atoms with Crippen molar-refractivity contribution in [1.29, 1.82) is 0 Å². The number of nitrogens with zero attached hydrogens (tertiary/aromatic N) is 2. The van der Waals surface area contributed by atoms with Gasteiger partial charge in [0.15, 0.2) is 0 Å². The van der Waals surface area contributed by atoms with E-state index in [1.165, 1.54) is 6.07 Å². The number of phenols is 1. The molecule has 1 aromatic rings. The lowest BCUT2D eigenvalue weighted by atomic mass is 10.0. The van der Waals surface area contributed by atoms with E-state index in [-0.39, 0.29) is 5.75 Å². The summed E-state index contributed by atoms with van der Waals surface area (Å²) in [6.45, 7) is 6.50. The second kappa shape index (κ2) is 6.72. The molecule has 0 bridgehead atoms. The molecule has 1 atom stereocenters. The number of hydrogen-bond acceptors (Lipinski definition) is 4. The Morgan fingerprint density at radius 3 is 2.55 bits per heavy atom. The number of carboxylic acids is 1. The van der Waals surface area contributed by atoms with Gasteiger partial charge in [-0.25, -0.2) is 0 Å². The van der Waals surface area contributed by atoms with Crippen LogP contribution in [0.15, 0.2) is 24.3 Å². The first-order chi connectivity index (χ1) is 9.61. The van der Waals surface area contributed by atoms with Crippen molar-refractivity contribution in [1.82, 2.24) is 9.80 Å². The fraction of sp³-hybridized carbons (Fsp3) is 0.533. The molecule has 0 aliphatic carbocycles. The van der Waals surface area contributed by atoms with E-state index in [9.17, 15) is 15.0 Å². The molecule has 110 valence electrons. The predicted molar refractivity (Wildman–Crippen MR) is 76.8 cm³/mol. The van der Waals surface area contributed by atoms with Gasteiger partial charge in [0.1, 0.15) is 11.8 Å². The predicted octanol–water partition coefficient (Wildman–Crippen LogP) is 1.55. The second-order valence-electron chi connectivity index (χ2n) is 5.21. The summed E-state index contributed by atoms with van der Waals surface area (Å²) in [5.74, 6) is -0.752. The highest BCUT2D eigenvalue weighted by Crippen LogP contribution is 2.25. The van der Waals surface area contributed by atoms with E-state index in [1.54, 1.807) is 18.2 Å². The summed E-state index contributed by atoms with van der Waals surface area (Å²) >= 11 is 0. The van der Waals surface area contributed by atoms with Crippen molar-refractivity contribution >= 4 is 5.97 Å². The molecule has 0 spiro atoms. The van der Waals surface area contributed by atoms with Crippen molar-refractivity contribution in [2.24, 2.45) is 0 Å². The largest absolute Gasteiger partial charge is 0.508 e. The third kappa shape index (κ3) is 3.49. The van der Waals surface area contributed by atoms with E-state index >= 15 is 0 Å². The van der Waals surface area contributed by atoms with Crippen LogP contribution >= 0.6 is 0 Å². The molecule has 1 aliphatic rings. The van der Waals surface area contributed by atoms with E-state index in [0.29, 0.717) is 5.56 Å². The van der Waals surface area contributed by atoms with Gasteiger partial charge in [0.2, 0.25) is 0 Å². The average molecular weight is 278 g/mol. The van der Waals surface area contributed by atoms with Crippen LogP contribution in [-0.4, -0.2) is 58.7 Å². The number of piperazine rings is 1. The van der Waals surface area contributed by atoms with Crippen molar-refractivity contribution in [2.75, 3.05) is 32.7 Å². The fourth-order valence-electron chi connectivity index (χ4n) is 2.77. The maximum Gasteiger partial charge on any atom is 0.325 e. The molecule has 2 N–H and O–H groups in total. The van der Waals surface area contributed by atoms with Crippen molar-refractivity contribution < 1.29 is 15.0 Å². The molecular weight excluding hydrogens is 256 g/mol. The fourth-order valence-corrected chi connectivity index (χ4v) is 2.77. The van der Waals surface area contributed by atoms with Crippen LogP contribution < -0.4 is 0 Å². The second-order valence-corrected chi connectivity index (χ2v) is 5.21. The van der Waals surface area contributed by atoms with Crippen LogP contribution in [0.1, 0.15) is 24.9 Å². The molecule has 1 heterocycles. The minimum atomic E-state index is -0.862. The summed E-state index contributed by atoms with van der Waals surface area (Å²) in [5.41, 5.74) is 0.640. The standard InChI is InChI=1S/C15H22N2O3/c1-2-6-16-7-9-17(10-8-16)14(15(19)20)12-4-3-5-13(18)11-12/h3-5,11,14,18H,2,6-10H2,1H3,(H,19,20). The molecular formula is C15H22N2O3. The number of phenolic OH excluding ortho intramolecular Hbond substituents is 1. The van der Waals surface area contributed by atoms with Gasteiger partial charge in [-0.05, 0) is 30.7 Å². The summed E-state index contributed by atoms with van der Waals surface area (Å²) in [7, 11) is 0. The number of carbonyl (C=O) groups is 1. The SMILES string of the molecule is CCCN1CCN(C(C(=O)O)c2cccc(O)c2)CC1. The summed E-state index contributed by atoms with van der Waals surface area (Å²) in [6.07, 6.45) is 1.12. The maximum absolute atomic E-state index is 11.6. The first kappa shape index (κ1) is 14.8. The summed E-state index contributed by atoms with van der Waals surface area (Å²) in [6, 6.07) is 5.87. The Hall–Kier alpha value is -1.59. The van der Waals surface area contributed by atoms with E-state index in [2.05, 4.69) is 11.8 Å².